The predicted octanol–water partition coefficient (Wildman–Crippen LogP) is 3.46. The molecule has 1 aliphatic heterocycles. The molecule has 0 spiro atoms. The Bertz CT molecular complexity index is 790. The second-order valence-electron chi connectivity index (χ2n) is 5.74. The van der Waals surface area contributed by atoms with Gasteiger partial charge in [0, 0.05) is 17.6 Å². The van der Waals surface area contributed by atoms with Crippen molar-refractivity contribution in [1.29, 1.82) is 0 Å². The summed E-state index contributed by atoms with van der Waals surface area (Å²) in [6, 6.07) is 15.2. The smallest absolute Gasteiger partial charge is 0.252 e. The Hall–Kier alpha value is -2.27. The van der Waals surface area contributed by atoms with E-state index in [0.29, 0.717) is 0 Å². The SMILES string of the molecule is Cc1ccccc1NC(=O)C1(C)Sc2ccccc2N(C)C1=O. The number of hydrogen-bond acceptors (Lipinski definition) is 3. The maximum Gasteiger partial charge on any atom is 0.252 e. The number of thioether (sulfide) groups is 1. The van der Waals surface area contributed by atoms with E-state index < -0.39 is 4.75 Å². The fourth-order valence-electron chi connectivity index (χ4n) is 2.61. The van der Waals surface area contributed by atoms with Crippen LogP contribution in [0.15, 0.2) is 53.4 Å². The van der Waals surface area contributed by atoms with E-state index >= 15 is 0 Å². The third kappa shape index (κ3) is 2.61. The van der Waals surface area contributed by atoms with Gasteiger partial charge in [-0.25, -0.2) is 0 Å². The number of hydrogen-bond donors (Lipinski definition) is 1. The number of benzene rings is 2. The highest BCUT2D eigenvalue weighted by Crippen LogP contribution is 2.45. The van der Waals surface area contributed by atoms with Gasteiger partial charge in [0.05, 0.1) is 5.69 Å². The lowest BCUT2D eigenvalue weighted by Gasteiger charge is -2.37. The van der Waals surface area contributed by atoms with Crippen LogP contribution in [-0.4, -0.2) is 23.6 Å². The van der Waals surface area contributed by atoms with Gasteiger partial charge in [0.25, 0.3) is 5.91 Å². The Morgan fingerprint density at radius 2 is 1.78 bits per heavy atom. The summed E-state index contributed by atoms with van der Waals surface area (Å²) in [6.45, 7) is 3.61. The van der Waals surface area contributed by atoms with E-state index in [1.165, 1.54) is 11.8 Å². The van der Waals surface area contributed by atoms with Gasteiger partial charge in [-0.3, -0.25) is 9.59 Å². The Balaban J connectivity index is 1.94. The van der Waals surface area contributed by atoms with E-state index in [9.17, 15) is 9.59 Å². The molecule has 2 amide bonds. The summed E-state index contributed by atoms with van der Waals surface area (Å²) in [5.74, 6) is -0.518. The van der Waals surface area contributed by atoms with Gasteiger partial charge in [-0.1, -0.05) is 42.1 Å². The average molecular weight is 326 g/mol. The molecule has 118 valence electrons. The zero-order valence-corrected chi connectivity index (χ0v) is 14.1. The highest BCUT2D eigenvalue weighted by Gasteiger charge is 2.48. The number of amides is 2. The van der Waals surface area contributed by atoms with Crippen LogP contribution in [0.5, 0.6) is 0 Å². The highest BCUT2D eigenvalue weighted by molar-refractivity contribution is 8.02. The van der Waals surface area contributed by atoms with E-state index in [-0.39, 0.29) is 11.8 Å². The first-order valence-corrected chi connectivity index (χ1v) is 8.18. The zero-order chi connectivity index (χ0) is 16.6. The van der Waals surface area contributed by atoms with Crippen molar-refractivity contribution in [2.45, 2.75) is 23.5 Å². The number of carbonyl (C=O) groups is 2. The van der Waals surface area contributed by atoms with Crippen molar-refractivity contribution < 1.29 is 9.59 Å². The molecule has 0 saturated carbocycles. The molecule has 5 heteroatoms. The largest absolute Gasteiger partial charge is 0.324 e. The molecule has 3 rings (SSSR count). The molecule has 23 heavy (non-hydrogen) atoms. The van der Waals surface area contributed by atoms with Crippen LogP contribution in [0.25, 0.3) is 0 Å². The number of rotatable bonds is 2. The molecular formula is C18H18N2O2S. The lowest BCUT2D eigenvalue weighted by atomic mass is 10.1. The molecule has 0 aromatic heterocycles. The van der Waals surface area contributed by atoms with Crippen LogP contribution in [-0.2, 0) is 9.59 Å². The minimum atomic E-state index is -1.19. The third-order valence-corrected chi connectivity index (χ3v) is 5.41. The molecule has 0 saturated heterocycles. The summed E-state index contributed by atoms with van der Waals surface area (Å²) >= 11 is 1.30. The Morgan fingerprint density at radius 3 is 2.52 bits per heavy atom. The summed E-state index contributed by atoms with van der Waals surface area (Å²) in [6.07, 6.45) is 0. The van der Waals surface area contributed by atoms with Crippen molar-refractivity contribution in [2.75, 3.05) is 17.3 Å². The van der Waals surface area contributed by atoms with E-state index in [2.05, 4.69) is 5.32 Å². The van der Waals surface area contributed by atoms with E-state index in [4.69, 9.17) is 0 Å². The average Bonchev–Trinajstić information content (AvgIpc) is 2.55. The number of carbonyl (C=O) groups excluding carboxylic acids is 2. The van der Waals surface area contributed by atoms with Crippen LogP contribution in [0.2, 0.25) is 0 Å². The molecule has 1 atom stereocenters. The Labute approximate surface area is 139 Å². The van der Waals surface area contributed by atoms with Gasteiger partial charge in [-0.2, -0.15) is 0 Å². The standard InChI is InChI=1S/C18H18N2O2S/c1-12-8-4-5-9-13(12)19-16(21)18(2)17(22)20(3)14-10-6-7-11-15(14)23-18/h4-11H,1-3H3,(H,19,21). The second kappa shape index (κ2) is 5.74. The first-order chi connectivity index (χ1) is 10.9. The van der Waals surface area contributed by atoms with Crippen LogP contribution in [0.1, 0.15) is 12.5 Å². The fraction of sp³-hybridized carbons (Fsp3) is 0.222. The predicted molar refractivity (Wildman–Crippen MR) is 93.9 cm³/mol. The highest BCUT2D eigenvalue weighted by atomic mass is 32.2. The molecule has 1 heterocycles. The van der Waals surface area contributed by atoms with Gasteiger partial charge < -0.3 is 10.2 Å². The lowest BCUT2D eigenvalue weighted by Crippen LogP contribution is -2.53. The van der Waals surface area contributed by atoms with Crippen molar-refractivity contribution in [1.82, 2.24) is 0 Å². The summed E-state index contributed by atoms with van der Waals surface area (Å²) in [7, 11) is 1.71. The Morgan fingerprint density at radius 1 is 1.13 bits per heavy atom. The van der Waals surface area contributed by atoms with Crippen molar-refractivity contribution >= 4 is 35.0 Å². The molecule has 2 aromatic carbocycles. The van der Waals surface area contributed by atoms with E-state index in [1.54, 1.807) is 18.9 Å². The van der Waals surface area contributed by atoms with Crippen LogP contribution >= 0.6 is 11.8 Å². The first kappa shape index (κ1) is 15.6. The van der Waals surface area contributed by atoms with Gasteiger partial charge in [0.2, 0.25) is 5.91 Å². The van der Waals surface area contributed by atoms with Gasteiger partial charge >= 0.3 is 0 Å². The topological polar surface area (TPSA) is 49.4 Å². The summed E-state index contributed by atoms with van der Waals surface area (Å²) in [4.78, 5) is 28.1. The van der Waals surface area contributed by atoms with Crippen LogP contribution in [0.4, 0.5) is 11.4 Å². The van der Waals surface area contributed by atoms with Crippen LogP contribution in [0.3, 0.4) is 0 Å². The minimum absolute atomic E-state index is 0.215. The maximum atomic E-state index is 12.8. The molecule has 1 N–H and O–H groups in total. The van der Waals surface area contributed by atoms with Crippen LogP contribution in [0, 0.1) is 6.92 Å². The maximum absolute atomic E-state index is 12.8. The normalized spacial score (nSPS) is 20.1. The molecule has 0 fully saturated rings. The second-order valence-corrected chi connectivity index (χ2v) is 7.20. The summed E-state index contributed by atoms with van der Waals surface area (Å²) < 4.78 is -1.19. The number of fused-ring (bicyclic) bond motifs is 1. The molecule has 1 unspecified atom stereocenters. The number of anilines is 2. The molecule has 0 radical (unpaired) electrons. The zero-order valence-electron chi connectivity index (χ0n) is 13.3. The number of nitrogens with one attached hydrogen (secondary N) is 1. The monoisotopic (exact) mass is 326 g/mol. The minimum Gasteiger partial charge on any atom is -0.324 e. The molecule has 2 aromatic rings. The number of para-hydroxylation sites is 2. The third-order valence-electron chi connectivity index (χ3n) is 4.08. The fourth-order valence-corrected chi connectivity index (χ4v) is 3.88. The van der Waals surface area contributed by atoms with Gasteiger partial charge in [-0.05, 0) is 37.6 Å². The number of nitrogens with zero attached hydrogens (tertiary/aromatic N) is 1. The van der Waals surface area contributed by atoms with Crippen molar-refractivity contribution in [2.24, 2.45) is 0 Å². The van der Waals surface area contributed by atoms with E-state index in [1.807, 2.05) is 55.5 Å². The molecule has 0 aliphatic carbocycles. The molecular weight excluding hydrogens is 308 g/mol. The summed E-state index contributed by atoms with van der Waals surface area (Å²) in [5, 5.41) is 2.89. The molecule has 0 bridgehead atoms. The number of aryl methyl sites for hydroxylation is 1. The van der Waals surface area contributed by atoms with Crippen molar-refractivity contribution in [3.8, 4) is 0 Å². The van der Waals surface area contributed by atoms with Crippen molar-refractivity contribution in [3.63, 3.8) is 0 Å². The first-order valence-electron chi connectivity index (χ1n) is 7.37. The van der Waals surface area contributed by atoms with Gasteiger partial charge in [0.1, 0.15) is 0 Å². The molecule has 1 aliphatic rings. The van der Waals surface area contributed by atoms with Crippen LogP contribution < -0.4 is 10.2 Å². The summed E-state index contributed by atoms with van der Waals surface area (Å²) in [5.41, 5.74) is 2.53. The van der Waals surface area contributed by atoms with Crippen molar-refractivity contribution in [3.05, 3.63) is 54.1 Å². The van der Waals surface area contributed by atoms with E-state index in [0.717, 1.165) is 21.8 Å². The quantitative estimate of drug-likeness (QED) is 0.860. The van der Waals surface area contributed by atoms with Gasteiger partial charge in [-0.15, -0.1) is 0 Å². The lowest BCUT2D eigenvalue weighted by molar-refractivity contribution is -0.128. The molecule has 4 nitrogen and oxygen atoms in total. The Kier molecular flexibility index (Phi) is 3.90. The van der Waals surface area contributed by atoms with Gasteiger partial charge in [0.15, 0.2) is 4.75 Å².